The first-order valence-electron chi connectivity index (χ1n) is 6.41. The van der Waals surface area contributed by atoms with Gasteiger partial charge in [0.25, 0.3) is 0 Å². The molecule has 0 aromatic carbocycles. The van der Waals surface area contributed by atoms with Crippen LogP contribution in [0.2, 0.25) is 0 Å². The van der Waals surface area contributed by atoms with Crippen molar-refractivity contribution in [3.05, 3.63) is 0 Å². The fraction of sp³-hybridized carbons (Fsp3) is 0.917. The van der Waals surface area contributed by atoms with Crippen molar-refractivity contribution in [2.24, 2.45) is 0 Å². The number of likely N-dealkylation sites (tertiary alicyclic amines) is 1. The molecule has 0 atom stereocenters. The molecule has 1 aliphatic carbocycles. The van der Waals surface area contributed by atoms with Crippen LogP contribution < -0.4 is 10.6 Å². The van der Waals surface area contributed by atoms with E-state index in [-0.39, 0.29) is 6.03 Å². The lowest BCUT2D eigenvalue weighted by Crippen LogP contribution is -2.29. The van der Waals surface area contributed by atoms with Crippen molar-refractivity contribution in [2.75, 3.05) is 27.2 Å². The molecule has 0 aromatic rings. The summed E-state index contributed by atoms with van der Waals surface area (Å²) in [5.74, 6) is 0. The molecule has 0 bridgehead atoms. The lowest BCUT2D eigenvalue weighted by atomic mass is 10.2. The molecule has 0 spiro atoms. The monoisotopic (exact) mass is 227 g/mol. The van der Waals surface area contributed by atoms with Crippen LogP contribution in [0.4, 0.5) is 4.79 Å². The molecule has 4 heteroatoms. The molecular weight excluding hydrogens is 202 g/mol. The van der Waals surface area contributed by atoms with Crippen molar-refractivity contribution < 1.29 is 4.79 Å². The fourth-order valence-electron chi connectivity index (χ4n) is 2.50. The third-order valence-corrected chi connectivity index (χ3v) is 3.44. The number of amides is 2. The van der Waals surface area contributed by atoms with Crippen molar-refractivity contribution in [3.8, 4) is 0 Å². The van der Waals surface area contributed by atoms with Gasteiger partial charge >= 0.3 is 6.03 Å². The molecule has 0 aromatic heterocycles. The number of urea groups is 1. The van der Waals surface area contributed by atoms with Gasteiger partial charge in [-0.25, -0.2) is 4.79 Å². The van der Waals surface area contributed by atoms with E-state index in [0.717, 1.165) is 6.04 Å². The minimum Gasteiger partial charge on any atom is -0.341 e. The highest BCUT2D eigenvalue weighted by Crippen LogP contribution is 2.25. The Bertz CT molecular complexity index is 176. The maximum atomic E-state index is 9.96. The van der Waals surface area contributed by atoms with Gasteiger partial charge in [0.2, 0.25) is 0 Å². The Labute approximate surface area is 98.8 Å². The van der Waals surface area contributed by atoms with E-state index in [0.29, 0.717) is 0 Å². The quantitative estimate of drug-likeness (QED) is 0.714. The summed E-state index contributed by atoms with van der Waals surface area (Å²) in [7, 11) is 3.14. The minimum absolute atomic E-state index is 0.157. The first-order chi connectivity index (χ1) is 7.77. The number of hydrogen-bond donors (Lipinski definition) is 2. The number of rotatable bonds is 1. The van der Waals surface area contributed by atoms with E-state index in [2.05, 4.69) is 15.5 Å². The van der Waals surface area contributed by atoms with Crippen molar-refractivity contribution in [1.82, 2.24) is 15.5 Å². The van der Waals surface area contributed by atoms with Crippen LogP contribution in [-0.4, -0.2) is 44.2 Å². The Morgan fingerprint density at radius 1 is 1.00 bits per heavy atom. The van der Waals surface area contributed by atoms with Crippen molar-refractivity contribution >= 4 is 6.03 Å². The molecule has 94 valence electrons. The summed E-state index contributed by atoms with van der Waals surface area (Å²) in [6.45, 7) is 2.79. The number of carbonyl (C=O) groups is 1. The number of nitrogens with one attached hydrogen (secondary N) is 2. The van der Waals surface area contributed by atoms with E-state index in [1.54, 1.807) is 14.1 Å². The predicted molar refractivity (Wildman–Crippen MR) is 66.6 cm³/mol. The van der Waals surface area contributed by atoms with E-state index in [9.17, 15) is 4.79 Å². The molecule has 4 nitrogen and oxygen atoms in total. The average Bonchev–Trinajstić information content (AvgIpc) is 2.99. The lowest BCUT2D eigenvalue weighted by Gasteiger charge is -2.22. The van der Waals surface area contributed by atoms with E-state index in [4.69, 9.17) is 0 Å². The van der Waals surface area contributed by atoms with E-state index in [1.165, 1.54) is 51.6 Å². The van der Waals surface area contributed by atoms with Crippen LogP contribution in [0.1, 0.15) is 38.5 Å². The highest BCUT2D eigenvalue weighted by molar-refractivity contribution is 5.72. The summed E-state index contributed by atoms with van der Waals surface area (Å²) in [4.78, 5) is 12.7. The first-order valence-corrected chi connectivity index (χ1v) is 6.41. The maximum Gasteiger partial charge on any atom is 0.314 e. The van der Waals surface area contributed by atoms with Gasteiger partial charge in [-0.3, -0.25) is 0 Å². The Kier molecular flexibility index (Phi) is 6.23. The fourth-order valence-corrected chi connectivity index (χ4v) is 2.50. The topological polar surface area (TPSA) is 44.4 Å². The van der Waals surface area contributed by atoms with Gasteiger partial charge in [0.05, 0.1) is 0 Å². The second kappa shape index (κ2) is 7.49. The third kappa shape index (κ3) is 4.39. The van der Waals surface area contributed by atoms with Crippen LogP contribution in [0.15, 0.2) is 0 Å². The molecule has 2 aliphatic rings. The molecule has 1 heterocycles. The standard InChI is InChI=1S/C9H17N.C3H8N2O/c1-2-6-9(5-1)10-7-3-4-8-10;1-4-3(6)5-2/h9H,1-8H2;1-2H3,(H2,4,5,6). The average molecular weight is 227 g/mol. The molecule has 1 aliphatic heterocycles. The first kappa shape index (κ1) is 13.3. The zero-order chi connectivity index (χ0) is 11.8. The van der Waals surface area contributed by atoms with Crippen LogP contribution in [0, 0.1) is 0 Å². The Morgan fingerprint density at radius 3 is 1.88 bits per heavy atom. The van der Waals surface area contributed by atoms with Crippen LogP contribution >= 0.6 is 0 Å². The smallest absolute Gasteiger partial charge is 0.314 e. The molecule has 1 saturated carbocycles. The van der Waals surface area contributed by atoms with Crippen molar-refractivity contribution in [1.29, 1.82) is 0 Å². The SMILES string of the molecule is C1CCC(N2CCCC2)C1.CNC(=O)NC. The van der Waals surface area contributed by atoms with E-state index >= 15 is 0 Å². The van der Waals surface area contributed by atoms with Crippen molar-refractivity contribution in [3.63, 3.8) is 0 Å². The molecule has 2 fully saturated rings. The van der Waals surface area contributed by atoms with Crippen LogP contribution in [0.25, 0.3) is 0 Å². The van der Waals surface area contributed by atoms with Crippen LogP contribution in [0.5, 0.6) is 0 Å². The van der Waals surface area contributed by atoms with Gasteiger partial charge in [0.15, 0.2) is 0 Å². The molecule has 2 amide bonds. The Hall–Kier alpha value is -0.770. The maximum absolute atomic E-state index is 9.96. The number of carbonyl (C=O) groups excluding carboxylic acids is 1. The summed E-state index contributed by atoms with van der Waals surface area (Å²) < 4.78 is 0. The van der Waals surface area contributed by atoms with Gasteiger partial charge in [-0.15, -0.1) is 0 Å². The Morgan fingerprint density at radius 2 is 1.50 bits per heavy atom. The number of hydrogen-bond acceptors (Lipinski definition) is 2. The van der Waals surface area contributed by atoms with Gasteiger partial charge in [0, 0.05) is 20.1 Å². The van der Waals surface area contributed by atoms with E-state index in [1.807, 2.05) is 0 Å². The molecule has 0 unspecified atom stereocenters. The van der Waals surface area contributed by atoms with Gasteiger partial charge in [-0.2, -0.15) is 0 Å². The summed E-state index contributed by atoms with van der Waals surface area (Å²) in [6, 6.07) is 0.831. The molecule has 2 N–H and O–H groups in total. The summed E-state index contributed by atoms with van der Waals surface area (Å²) in [5.41, 5.74) is 0. The normalized spacial score (nSPS) is 21.4. The van der Waals surface area contributed by atoms with Crippen LogP contribution in [0.3, 0.4) is 0 Å². The van der Waals surface area contributed by atoms with Gasteiger partial charge in [0.1, 0.15) is 0 Å². The predicted octanol–water partition coefficient (Wildman–Crippen LogP) is 1.57. The van der Waals surface area contributed by atoms with Crippen molar-refractivity contribution in [2.45, 2.75) is 44.6 Å². The summed E-state index contributed by atoms with van der Waals surface area (Å²) in [6.07, 6.45) is 8.86. The molecule has 1 saturated heterocycles. The summed E-state index contributed by atoms with van der Waals surface area (Å²) >= 11 is 0. The van der Waals surface area contributed by atoms with Gasteiger partial charge < -0.3 is 15.5 Å². The van der Waals surface area contributed by atoms with E-state index < -0.39 is 0 Å². The third-order valence-electron chi connectivity index (χ3n) is 3.44. The second-order valence-electron chi connectivity index (χ2n) is 4.51. The highest BCUT2D eigenvalue weighted by Gasteiger charge is 2.24. The number of nitrogens with zero attached hydrogens (tertiary/aromatic N) is 1. The second-order valence-corrected chi connectivity index (χ2v) is 4.51. The van der Waals surface area contributed by atoms with Gasteiger partial charge in [-0.05, 0) is 38.8 Å². The molecular formula is C12H25N3O. The lowest BCUT2D eigenvalue weighted by molar-refractivity contribution is 0.245. The minimum atomic E-state index is -0.157. The molecule has 2 rings (SSSR count). The van der Waals surface area contributed by atoms with Gasteiger partial charge in [-0.1, -0.05) is 12.8 Å². The Balaban J connectivity index is 0.000000187. The zero-order valence-corrected chi connectivity index (χ0v) is 10.6. The highest BCUT2D eigenvalue weighted by atomic mass is 16.2. The summed E-state index contributed by atoms with van der Waals surface area (Å²) in [5, 5.41) is 4.73. The largest absolute Gasteiger partial charge is 0.341 e. The van der Waals surface area contributed by atoms with Crippen LogP contribution in [-0.2, 0) is 0 Å². The molecule has 0 radical (unpaired) electrons. The molecule has 16 heavy (non-hydrogen) atoms. The zero-order valence-electron chi connectivity index (χ0n) is 10.6.